The Balaban J connectivity index is 0.000000236. The molecule has 1 saturated carbocycles. The van der Waals surface area contributed by atoms with Crippen LogP contribution >= 0.6 is 0 Å². The average molecular weight is 179 g/mol. The van der Waals surface area contributed by atoms with Crippen molar-refractivity contribution in [2.75, 3.05) is 5.32 Å². The Morgan fingerprint density at radius 1 is 1.15 bits per heavy atom. The van der Waals surface area contributed by atoms with Gasteiger partial charge in [-0.25, -0.2) is 4.79 Å². The lowest BCUT2D eigenvalue weighted by Crippen LogP contribution is -2.06. The van der Waals surface area contributed by atoms with Gasteiger partial charge >= 0.3 is 6.09 Å². The van der Waals surface area contributed by atoms with Crippen LogP contribution in [0.3, 0.4) is 0 Å². The molecule has 1 fully saturated rings. The predicted molar refractivity (Wildman–Crippen MR) is 51.9 cm³/mol. The molecule has 1 aromatic carbocycles. The van der Waals surface area contributed by atoms with Crippen molar-refractivity contribution in [3.05, 3.63) is 30.3 Å². The van der Waals surface area contributed by atoms with Crippen molar-refractivity contribution < 1.29 is 9.90 Å². The Morgan fingerprint density at radius 2 is 1.69 bits per heavy atom. The van der Waals surface area contributed by atoms with Crippen molar-refractivity contribution >= 4 is 11.8 Å². The highest BCUT2D eigenvalue weighted by molar-refractivity contribution is 5.82. The molecule has 0 bridgehead atoms. The minimum atomic E-state index is -1.04. The SMILES string of the molecule is C1CC1.O=C(O)Nc1ccccc1. The minimum absolute atomic E-state index is 0.593. The van der Waals surface area contributed by atoms with Crippen molar-refractivity contribution in [2.24, 2.45) is 0 Å². The zero-order chi connectivity index (χ0) is 9.52. The van der Waals surface area contributed by atoms with Gasteiger partial charge in [0.15, 0.2) is 0 Å². The molecule has 1 aliphatic rings. The quantitative estimate of drug-likeness (QED) is 0.696. The number of hydrogen-bond donors (Lipinski definition) is 2. The molecular formula is C10H13NO2. The van der Waals surface area contributed by atoms with Crippen LogP contribution < -0.4 is 5.32 Å². The molecule has 0 atom stereocenters. The van der Waals surface area contributed by atoms with Gasteiger partial charge in [-0.1, -0.05) is 37.5 Å². The third kappa shape index (κ3) is 5.73. The lowest BCUT2D eigenvalue weighted by atomic mass is 10.3. The van der Waals surface area contributed by atoms with E-state index in [1.54, 1.807) is 24.3 Å². The molecule has 0 heterocycles. The summed E-state index contributed by atoms with van der Waals surface area (Å²) in [5.74, 6) is 0. The molecule has 2 N–H and O–H groups in total. The molecule has 0 aromatic heterocycles. The van der Waals surface area contributed by atoms with E-state index >= 15 is 0 Å². The highest BCUT2D eigenvalue weighted by Crippen LogP contribution is 2.14. The number of carboxylic acid groups (broad SMARTS) is 1. The van der Waals surface area contributed by atoms with Gasteiger partial charge in [0, 0.05) is 5.69 Å². The lowest BCUT2D eigenvalue weighted by Gasteiger charge is -1.96. The number of nitrogens with one attached hydrogen (secondary N) is 1. The van der Waals surface area contributed by atoms with E-state index in [4.69, 9.17) is 5.11 Å². The summed E-state index contributed by atoms with van der Waals surface area (Å²) < 4.78 is 0. The fourth-order valence-electron chi connectivity index (χ4n) is 0.645. The summed E-state index contributed by atoms with van der Waals surface area (Å²) >= 11 is 0. The molecule has 0 unspecified atom stereocenters. The Morgan fingerprint density at radius 3 is 2.08 bits per heavy atom. The van der Waals surface area contributed by atoms with Crippen LogP contribution in [0.25, 0.3) is 0 Å². The smallest absolute Gasteiger partial charge is 0.409 e. The zero-order valence-corrected chi connectivity index (χ0v) is 7.36. The highest BCUT2D eigenvalue weighted by atomic mass is 16.4. The molecule has 3 heteroatoms. The second-order valence-electron chi connectivity index (χ2n) is 2.86. The number of anilines is 1. The van der Waals surface area contributed by atoms with Gasteiger partial charge in [0.2, 0.25) is 0 Å². The maximum Gasteiger partial charge on any atom is 0.409 e. The average Bonchev–Trinajstić information content (AvgIpc) is 2.90. The predicted octanol–water partition coefficient (Wildman–Crippen LogP) is 2.95. The van der Waals surface area contributed by atoms with E-state index in [0.717, 1.165) is 0 Å². The molecule has 13 heavy (non-hydrogen) atoms. The maximum atomic E-state index is 10.1. The van der Waals surface area contributed by atoms with E-state index in [0.29, 0.717) is 5.69 Å². The van der Waals surface area contributed by atoms with E-state index in [9.17, 15) is 4.79 Å². The van der Waals surface area contributed by atoms with Gasteiger partial charge in [-0.05, 0) is 12.1 Å². The monoisotopic (exact) mass is 179 g/mol. The normalized spacial score (nSPS) is 12.3. The summed E-state index contributed by atoms with van der Waals surface area (Å²) in [6.07, 6.45) is 3.46. The first kappa shape index (κ1) is 9.58. The number of para-hydroxylation sites is 1. The van der Waals surface area contributed by atoms with E-state index in [-0.39, 0.29) is 0 Å². The second-order valence-corrected chi connectivity index (χ2v) is 2.86. The van der Waals surface area contributed by atoms with Crippen LogP contribution in [0.4, 0.5) is 10.5 Å². The van der Waals surface area contributed by atoms with Gasteiger partial charge in [0.1, 0.15) is 0 Å². The van der Waals surface area contributed by atoms with Gasteiger partial charge in [-0.15, -0.1) is 0 Å². The highest BCUT2D eigenvalue weighted by Gasteiger charge is 1.95. The van der Waals surface area contributed by atoms with Gasteiger partial charge in [-0.2, -0.15) is 0 Å². The van der Waals surface area contributed by atoms with Gasteiger partial charge < -0.3 is 5.11 Å². The topological polar surface area (TPSA) is 49.3 Å². The number of carbonyl (C=O) groups is 1. The summed E-state index contributed by atoms with van der Waals surface area (Å²) in [5, 5.41) is 10.5. The van der Waals surface area contributed by atoms with E-state index in [2.05, 4.69) is 5.32 Å². The fourth-order valence-corrected chi connectivity index (χ4v) is 0.645. The zero-order valence-electron chi connectivity index (χ0n) is 7.36. The van der Waals surface area contributed by atoms with Gasteiger partial charge in [-0.3, -0.25) is 5.32 Å². The largest absolute Gasteiger partial charge is 0.465 e. The molecule has 0 spiro atoms. The van der Waals surface area contributed by atoms with E-state index < -0.39 is 6.09 Å². The number of rotatable bonds is 1. The lowest BCUT2D eigenvalue weighted by molar-refractivity contribution is 0.210. The van der Waals surface area contributed by atoms with Crippen LogP contribution in [-0.4, -0.2) is 11.2 Å². The molecular weight excluding hydrogens is 166 g/mol. The van der Waals surface area contributed by atoms with Crippen LogP contribution in [0.15, 0.2) is 30.3 Å². The van der Waals surface area contributed by atoms with Gasteiger partial charge in [0.25, 0.3) is 0 Å². The van der Waals surface area contributed by atoms with Crippen LogP contribution in [0, 0.1) is 0 Å². The summed E-state index contributed by atoms with van der Waals surface area (Å²) in [7, 11) is 0. The van der Waals surface area contributed by atoms with Crippen molar-refractivity contribution in [3.8, 4) is 0 Å². The minimum Gasteiger partial charge on any atom is -0.465 e. The van der Waals surface area contributed by atoms with Crippen LogP contribution in [0.1, 0.15) is 19.3 Å². The van der Waals surface area contributed by atoms with Gasteiger partial charge in [0.05, 0.1) is 0 Å². The third-order valence-corrected chi connectivity index (χ3v) is 1.38. The summed E-state index contributed by atoms with van der Waals surface area (Å²) in [6.45, 7) is 0. The second kappa shape index (κ2) is 5.19. The maximum absolute atomic E-state index is 10.1. The molecule has 1 aliphatic carbocycles. The number of amides is 1. The summed E-state index contributed by atoms with van der Waals surface area (Å²) in [4.78, 5) is 10.1. The Labute approximate surface area is 77.4 Å². The van der Waals surface area contributed by atoms with Crippen molar-refractivity contribution in [2.45, 2.75) is 19.3 Å². The number of hydrogen-bond acceptors (Lipinski definition) is 1. The molecule has 1 amide bonds. The number of benzene rings is 1. The van der Waals surface area contributed by atoms with Crippen molar-refractivity contribution in [3.63, 3.8) is 0 Å². The standard InChI is InChI=1S/C7H7NO2.C3H6/c9-7(10)8-6-4-2-1-3-5-6;1-2-3-1/h1-5,8H,(H,9,10);1-3H2. The summed E-state index contributed by atoms with van der Waals surface area (Å²) in [5.41, 5.74) is 0.593. The molecule has 3 nitrogen and oxygen atoms in total. The van der Waals surface area contributed by atoms with Crippen molar-refractivity contribution in [1.29, 1.82) is 0 Å². The first-order valence-electron chi connectivity index (χ1n) is 4.34. The van der Waals surface area contributed by atoms with Crippen LogP contribution in [0.5, 0.6) is 0 Å². The van der Waals surface area contributed by atoms with Crippen molar-refractivity contribution in [1.82, 2.24) is 0 Å². The van der Waals surface area contributed by atoms with Crippen LogP contribution in [0.2, 0.25) is 0 Å². The molecule has 1 aromatic rings. The summed E-state index contributed by atoms with van der Waals surface area (Å²) in [6, 6.07) is 8.74. The molecule has 0 saturated heterocycles. The molecule has 0 aliphatic heterocycles. The Hall–Kier alpha value is -1.51. The Kier molecular flexibility index (Phi) is 3.82. The Bertz CT molecular complexity index is 254. The first-order valence-corrected chi connectivity index (χ1v) is 4.34. The molecule has 2 rings (SSSR count). The molecule has 70 valence electrons. The van der Waals surface area contributed by atoms with Crippen LogP contribution in [-0.2, 0) is 0 Å². The molecule has 0 radical (unpaired) electrons. The first-order chi connectivity index (χ1) is 6.29. The fraction of sp³-hybridized carbons (Fsp3) is 0.300. The van der Waals surface area contributed by atoms with E-state index in [1.807, 2.05) is 6.07 Å². The van der Waals surface area contributed by atoms with E-state index in [1.165, 1.54) is 19.3 Å². The third-order valence-electron chi connectivity index (χ3n) is 1.38.